The molecule has 3 rings (SSSR count). The van der Waals surface area contributed by atoms with Gasteiger partial charge in [0.2, 0.25) is 5.88 Å². The van der Waals surface area contributed by atoms with Gasteiger partial charge in [0, 0.05) is 0 Å². The molecule has 1 aliphatic heterocycles. The second-order valence-electron chi connectivity index (χ2n) is 5.78. The van der Waals surface area contributed by atoms with Crippen molar-refractivity contribution >= 4 is 5.71 Å². The molecular formula is C17H20N4O4. The van der Waals surface area contributed by atoms with Crippen molar-refractivity contribution in [3.63, 3.8) is 0 Å². The largest absolute Gasteiger partial charge is 0.494 e. The van der Waals surface area contributed by atoms with Crippen molar-refractivity contribution in [1.82, 2.24) is 14.6 Å². The molecule has 1 aromatic heterocycles. The molecule has 0 unspecified atom stereocenters. The van der Waals surface area contributed by atoms with Gasteiger partial charge in [-0.1, -0.05) is 30.3 Å². The second kappa shape index (κ2) is 7.35. The SMILES string of the molecule is CC(=NN1CCOCC1)c1c(O)n(Cc2ccccc2)c(=O)[nH]c1=O. The van der Waals surface area contributed by atoms with Gasteiger partial charge in [-0.15, -0.1) is 0 Å². The lowest BCUT2D eigenvalue weighted by molar-refractivity contribution is 0.0393. The maximum Gasteiger partial charge on any atom is 0.331 e. The summed E-state index contributed by atoms with van der Waals surface area (Å²) in [7, 11) is 0. The molecule has 25 heavy (non-hydrogen) atoms. The summed E-state index contributed by atoms with van der Waals surface area (Å²) in [6.45, 7) is 4.13. The van der Waals surface area contributed by atoms with Gasteiger partial charge < -0.3 is 9.84 Å². The Morgan fingerprint density at radius 3 is 2.60 bits per heavy atom. The molecular weight excluding hydrogens is 324 g/mol. The Kier molecular flexibility index (Phi) is 4.99. The molecule has 0 atom stereocenters. The minimum absolute atomic E-state index is 0.00187. The minimum atomic E-state index is -0.658. The first-order valence-electron chi connectivity index (χ1n) is 8.04. The molecule has 2 heterocycles. The summed E-state index contributed by atoms with van der Waals surface area (Å²) in [5, 5.41) is 16.7. The number of hydrogen-bond acceptors (Lipinski definition) is 6. The van der Waals surface area contributed by atoms with Gasteiger partial charge in [-0.05, 0) is 12.5 Å². The van der Waals surface area contributed by atoms with Crippen molar-refractivity contribution in [2.75, 3.05) is 26.3 Å². The van der Waals surface area contributed by atoms with E-state index in [0.717, 1.165) is 10.1 Å². The van der Waals surface area contributed by atoms with Gasteiger partial charge in [0.05, 0.1) is 38.6 Å². The first-order valence-corrected chi connectivity index (χ1v) is 8.04. The third kappa shape index (κ3) is 3.80. The molecule has 1 saturated heterocycles. The summed E-state index contributed by atoms with van der Waals surface area (Å²) in [5.74, 6) is -0.382. The molecule has 0 spiro atoms. The first kappa shape index (κ1) is 17.0. The van der Waals surface area contributed by atoms with E-state index in [9.17, 15) is 14.7 Å². The number of benzene rings is 1. The summed E-state index contributed by atoms with van der Waals surface area (Å²) >= 11 is 0. The second-order valence-corrected chi connectivity index (χ2v) is 5.78. The molecule has 0 aliphatic carbocycles. The highest BCUT2D eigenvalue weighted by molar-refractivity contribution is 6.00. The number of H-pyrrole nitrogens is 1. The van der Waals surface area contributed by atoms with Crippen molar-refractivity contribution in [1.29, 1.82) is 0 Å². The van der Waals surface area contributed by atoms with E-state index in [-0.39, 0.29) is 18.0 Å². The van der Waals surface area contributed by atoms with Crippen molar-refractivity contribution in [3.05, 3.63) is 62.3 Å². The standard InChI is InChI=1S/C17H20N4O4/c1-12(19-20-7-9-25-10-8-20)14-15(22)18-17(24)21(16(14)23)11-13-5-3-2-4-6-13/h2-6,23H,7-11H2,1H3,(H,18,22,24). The molecule has 1 aromatic carbocycles. The van der Waals surface area contributed by atoms with E-state index in [1.165, 1.54) is 0 Å². The van der Waals surface area contributed by atoms with Crippen LogP contribution in [-0.2, 0) is 11.3 Å². The van der Waals surface area contributed by atoms with Gasteiger partial charge in [-0.2, -0.15) is 5.10 Å². The lowest BCUT2D eigenvalue weighted by Gasteiger charge is -2.24. The molecule has 132 valence electrons. The summed E-state index contributed by atoms with van der Waals surface area (Å²) in [6.07, 6.45) is 0. The molecule has 8 nitrogen and oxygen atoms in total. The molecule has 1 fully saturated rings. The van der Waals surface area contributed by atoms with Crippen molar-refractivity contribution < 1.29 is 9.84 Å². The van der Waals surface area contributed by atoms with E-state index < -0.39 is 11.2 Å². The third-order valence-electron chi connectivity index (χ3n) is 4.00. The Morgan fingerprint density at radius 1 is 1.24 bits per heavy atom. The van der Waals surface area contributed by atoms with Gasteiger partial charge in [-0.25, -0.2) is 4.79 Å². The van der Waals surface area contributed by atoms with Crippen molar-refractivity contribution in [3.8, 4) is 5.88 Å². The zero-order valence-electron chi connectivity index (χ0n) is 13.9. The molecule has 0 bridgehead atoms. The zero-order chi connectivity index (χ0) is 17.8. The maximum atomic E-state index is 12.2. The lowest BCUT2D eigenvalue weighted by Crippen LogP contribution is -2.36. The lowest BCUT2D eigenvalue weighted by atomic mass is 10.2. The maximum absolute atomic E-state index is 12.2. The molecule has 8 heteroatoms. The fourth-order valence-corrected chi connectivity index (χ4v) is 2.71. The van der Waals surface area contributed by atoms with Crippen LogP contribution in [0.4, 0.5) is 0 Å². The summed E-state index contributed by atoms with van der Waals surface area (Å²) in [6, 6.07) is 9.23. The monoisotopic (exact) mass is 344 g/mol. The van der Waals surface area contributed by atoms with Crippen LogP contribution >= 0.6 is 0 Å². The molecule has 0 amide bonds. The van der Waals surface area contributed by atoms with E-state index in [0.29, 0.717) is 32.0 Å². The fraction of sp³-hybridized carbons (Fsp3) is 0.353. The van der Waals surface area contributed by atoms with Crippen LogP contribution in [0.25, 0.3) is 0 Å². The molecule has 0 saturated carbocycles. The number of nitrogens with zero attached hydrogens (tertiary/aromatic N) is 3. The van der Waals surface area contributed by atoms with Crippen LogP contribution in [0.1, 0.15) is 18.1 Å². The van der Waals surface area contributed by atoms with Crippen molar-refractivity contribution in [2.45, 2.75) is 13.5 Å². The van der Waals surface area contributed by atoms with Crippen molar-refractivity contribution in [2.24, 2.45) is 5.10 Å². The van der Waals surface area contributed by atoms with Crippen LogP contribution in [0.3, 0.4) is 0 Å². The Morgan fingerprint density at radius 2 is 1.92 bits per heavy atom. The number of morpholine rings is 1. The van der Waals surface area contributed by atoms with E-state index in [1.807, 2.05) is 30.3 Å². The van der Waals surface area contributed by atoms with Gasteiger partial charge >= 0.3 is 5.69 Å². The first-order chi connectivity index (χ1) is 12.1. The highest BCUT2D eigenvalue weighted by Crippen LogP contribution is 2.14. The van der Waals surface area contributed by atoms with E-state index >= 15 is 0 Å². The topological polar surface area (TPSA) is 99.9 Å². The average Bonchev–Trinajstić information content (AvgIpc) is 2.60. The van der Waals surface area contributed by atoms with Crippen LogP contribution in [0, 0.1) is 0 Å². The smallest absolute Gasteiger partial charge is 0.331 e. The van der Waals surface area contributed by atoms with Crippen LogP contribution < -0.4 is 11.2 Å². The number of ether oxygens (including phenoxy) is 1. The minimum Gasteiger partial charge on any atom is -0.494 e. The molecule has 1 aliphatic rings. The zero-order valence-corrected chi connectivity index (χ0v) is 13.9. The Hall–Kier alpha value is -2.87. The highest BCUT2D eigenvalue weighted by Gasteiger charge is 2.18. The van der Waals surface area contributed by atoms with Crippen LogP contribution in [0.15, 0.2) is 45.0 Å². The highest BCUT2D eigenvalue weighted by atomic mass is 16.5. The predicted octanol–water partition coefficient (Wildman–Crippen LogP) is 0.347. The molecule has 2 N–H and O–H groups in total. The number of rotatable bonds is 4. The number of aromatic amines is 1. The van der Waals surface area contributed by atoms with Gasteiger partial charge in [0.1, 0.15) is 5.56 Å². The number of aromatic hydroxyl groups is 1. The quantitative estimate of drug-likeness (QED) is 0.780. The number of nitrogens with one attached hydrogen (secondary N) is 1. The average molecular weight is 344 g/mol. The Bertz CT molecular complexity index is 880. The van der Waals surface area contributed by atoms with Gasteiger partial charge in [0.15, 0.2) is 0 Å². The van der Waals surface area contributed by atoms with Crippen LogP contribution in [0.2, 0.25) is 0 Å². The molecule has 0 radical (unpaired) electrons. The normalized spacial score (nSPS) is 15.4. The number of hydrazone groups is 1. The third-order valence-corrected chi connectivity index (χ3v) is 4.00. The molecule has 2 aromatic rings. The number of hydrogen-bond donors (Lipinski definition) is 2. The van der Waals surface area contributed by atoms with Gasteiger partial charge in [-0.3, -0.25) is 19.4 Å². The Balaban J connectivity index is 1.99. The number of aromatic nitrogens is 2. The summed E-state index contributed by atoms with van der Waals surface area (Å²) < 4.78 is 6.39. The van der Waals surface area contributed by atoms with E-state index in [1.54, 1.807) is 11.9 Å². The fourth-order valence-electron chi connectivity index (χ4n) is 2.71. The Labute approximate surface area is 144 Å². The van der Waals surface area contributed by atoms with E-state index in [4.69, 9.17) is 4.74 Å². The van der Waals surface area contributed by atoms with Crippen LogP contribution in [0.5, 0.6) is 5.88 Å². The summed E-state index contributed by atoms with van der Waals surface area (Å²) in [5.41, 5.74) is -0.124. The predicted molar refractivity (Wildman–Crippen MR) is 93.1 cm³/mol. The van der Waals surface area contributed by atoms with E-state index in [2.05, 4.69) is 10.1 Å². The van der Waals surface area contributed by atoms with Gasteiger partial charge in [0.25, 0.3) is 5.56 Å². The summed E-state index contributed by atoms with van der Waals surface area (Å²) in [4.78, 5) is 26.6. The van der Waals surface area contributed by atoms with Crippen LogP contribution in [-0.4, -0.2) is 51.7 Å².